The highest BCUT2D eigenvalue weighted by Gasteiger charge is 2.00. The van der Waals surface area contributed by atoms with Crippen molar-refractivity contribution in [3.8, 4) is 0 Å². The molecule has 0 aromatic carbocycles. The van der Waals surface area contributed by atoms with E-state index in [2.05, 4.69) is 58.0 Å². The summed E-state index contributed by atoms with van der Waals surface area (Å²) in [4.78, 5) is 10.1. The van der Waals surface area contributed by atoms with E-state index in [-0.39, 0.29) is 24.0 Å². The van der Waals surface area contributed by atoms with Crippen LogP contribution >= 0.6 is 35.3 Å². The molecule has 4 nitrogen and oxygen atoms in total. The SMILES string of the molecule is CCNC(=NCCc1cccs1)NCCc1ccncc1C.I. The number of hydrogen-bond donors (Lipinski definition) is 2. The highest BCUT2D eigenvalue weighted by molar-refractivity contribution is 14.0. The van der Waals surface area contributed by atoms with Crippen LogP contribution in [0, 0.1) is 6.92 Å². The molecule has 2 rings (SSSR count). The molecule has 23 heavy (non-hydrogen) atoms. The molecule has 0 aliphatic heterocycles. The zero-order valence-corrected chi connectivity index (χ0v) is 16.9. The van der Waals surface area contributed by atoms with Gasteiger partial charge in [0.1, 0.15) is 0 Å². The molecule has 0 amide bonds. The minimum Gasteiger partial charge on any atom is -0.357 e. The van der Waals surface area contributed by atoms with Crippen molar-refractivity contribution < 1.29 is 0 Å². The molecule has 6 heteroatoms. The molecule has 2 heterocycles. The zero-order valence-electron chi connectivity index (χ0n) is 13.7. The van der Waals surface area contributed by atoms with Crippen molar-refractivity contribution >= 4 is 41.3 Å². The Bertz CT molecular complexity index is 584. The number of pyridine rings is 1. The highest BCUT2D eigenvalue weighted by atomic mass is 127. The summed E-state index contributed by atoms with van der Waals surface area (Å²) in [6.45, 7) is 6.74. The summed E-state index contributed by atoms with van der Waals surface area (Å²) in [5, 5.41) is 8.80. The first-order chi connectivity index (χ1) is 10.8. The van der Waals surface area contributed by atoms with Crippen LogP contribution in [0.25, 0.3) is 0 Å². The third-order valence-electron chi connectivity index (χ3n) is 3.38. The first-order valence-electron chi connectivity index (χ1n) is 7.73. The van der Waals surface area contributed by atoms with Gasteiger partial charge in [0.15, 0.2) is 5.96 Å². The Morgan fingerprint density at radius 2 is 2.13 bits per heavy atom. The van der Waals surface area contributed by atoms with Crippen molar-refractivity contribution in [2.24, 2.45) is 4.99 Å². The molecule has 0 unspecified atom stereocenters. The molecule has 126 valence electrons. The third kappa shape index (κ3) is 7.30. The van der Waals surface area contributed by atoms with E-state index in [4.69, 9.17) is 0 Å². The highest BCUT2D eigenvalue weighted by Crippen LogP contribution is 2.08. The standard InChI is InChI=1S/C17H24N4S.HI/c1-3-19-17(21-11-8-16-5-4-12-22-16)20-10-7-15-6-9-18-13-14(15)2;/h4-6,9,12-13H,3,7-8,10-11H2,1-2H3,(H2,19,20,21);1H. The van der Waals surface area contributed by atoms with Gasteiger partial charge in [0.05, 0.1) is 0 Å². The monoisotopic (exact) mass is 444 g/mol. The van der Waals surface area contributed by atoms with Crippen molar-refractivity contribution in [3.05, 3.63) is 52.0 Å². The van der Waals surface area contributed by atoms with Gasteiger partial charge in [-0.15, -0.1) is 35.3 Å². The maximum atomic E-state index is 4.63. The Balaban J connectivity index is 0.00000264. The molecule has 0 bridgehead atoms. The lowest BCUT2D eigenvalue weighted by Crippen LogP contribution is -2.38. The van der Waals surface area contributed by atoms with Gasteiger partial charge in [0, 0.05) is 43.3 Å². The number of aryl methyl sites for hydroxylation is 1. The van der Waals surface area contributed by atoms with Crippen LogP contribution in [0.5, 0.6) is 0 Å². The molecule has 2 N–H and O–H groups in total. The Kier molecular flexibility index (Phi) is 9.86. The molecular weight excluding hydrogens is 419 g/mol. The van der Waals surface area contributed by atoms with Gasteiger partial charge in [-0.05, 0) is 48.9 Å². The van der Waals surface area contributed by atoms with Crippen LogP contribution in [0.1, 0.15) is 22.9 Å². The maximum absolute atomic E-state index is 4.63. The number of halogens is 1. The van der Waals surface area contributed by atoms with Crippen LogP contribution in [-0.2, 0) is 12.8 Å². The largest absolute Gasteiger partial charge is 0.357 e. The van der Waals surface area contributed by atoms with Crippen LogP contribution < -0.4 is 10.6 Å². The second kappa shape index (κ2) is 11.4. The normalized spacial score (nSPS) is 11.0. The molecule has 0 saturated heterocycles. The lowest BCUT2D eigenvalue weighted by molar-refractivity contribution is 0.794. The number of hydrogen-bond acceptors (Lipinski definition) is 3. The van der Waals surface area contributed by atoms with Gasteiger partial charge in [-0.2, -0.15) is 0 Å². The first-order valence-corrected chi connectivity index (χ1v) is 8.61. The molecule has 2 aromatic heterocycles. The quantitative estimate of drug-likeness (QED) is 0.391. The van der Waals surface area contributed by atoms with E-state index in [1.54, 1.807) is 11.3 Å². The number of aliphatic imine (C=N–C) groups is 1. The van der Waals surface area contributed by atoms with Gasteiger partial charge in [-0.1, -0.05) is 6.07 Å². The number of aromatic nitrogens is 1. The molecule has 0 aliphatic carbocycles. The molecule has 0 aliphatic rings. The van der Waals surface area contributed by atoms with E-state index in [1.807, 2.05) is 12.4 Å². The molecular formula is C17H25IN4S. The summed E-state index contributed by atoms with van der Waals surface area (Å²) < 4.78 is 0. The number of nitrogens with zero attached hydrogens (tertiary/aromatic N) is 2. The smallest absolute Gasteiger partial charge is 0.191 e. The minimum absolute atomic E-state index is 0. The van der Waals surface area contributed by atoms with E-state index >= 15 is 0 Å². The average Bonchev–Trinajstić information content (AvgIpc) is 3.02. The van der Waals surface area contributed by atoms with E-state index in [0.717, 1.165) is 38.4 Å². The fourth-order valence-electron chi connectivity index (χ4n) is 2.17. The summed E-state index contributed by atoms with van der Waals surface area (Å²) in [5.74, 6) is 0.894. The van der Waals surface area contributed by atoms with Crippen LogP contribution in [0.15, 0.2) is 41.0 Å². The van der Waals surface area contributed by atoms with Gasteiger partial charge in [-0.3, -0.25) is 9.98 Å². The molecule has 0 fully saturated rings. The van der Waals surface area contributed by atoms with Crippen LogP contribution in [0.4, 0.5) is 0 Å². The Labute approximate surface area is 159 Å². The molecule has 0 atom stereocenters. The molecule has 2 aromatic rings. The maximum Gasteiger partial charge on any atom is 0.191 e. The molecule has 0 radical (unpaired) electrons. The summed E-state index contributed by atoms with van der Waals surface area (Å²) >= 11 is 1.79. The summed E-state index contributed by atoms with van der Waals surface area (Å²) in [6, 6.07) is 6.33. The van der Waals surface area contributed by atoms with Crippen molar-refractivity contribution in [1.82, 2.24) is 15.6 Å². The van der Waals surface area contributed by atoms with Gasteiger partial charge in [0.2, 0.25) is 0 Å². The Hall–Kier alpha value is -1.15. The van der Waals surface area contributed by atoms with Gasteiger partial charge in [-0.25, -0.2) is 0 Å². The summed E-state index contributed by atoms with van der Waals surface area (Å²) in [5.41, 5.74) is 2.57. The fourth-order valence-corrected chi connectivity index (χ4v) is 2.87. The number of thiophene rings is 1. The van der Waals surface area contributed by atoms with Crippen molar-refractivity contribution in [1.29, 1.82) is 0 Å². The predicted molar refractivity (Wildman–Crippen MR) is 110 cm³/mol. The lowest BCUT2D eigenvalue weighted by Gasteiger charge is -2.12. The number of nitrogens with one attached hydrogen (secondary N) is 2. The van der Waals surface area contributed by atoms with Crippen molar-refractivity contribution in [3.63, 3.8) is 0 Å². The average molecular weight is 444 g/mol. The van der Waals surface area contributed by atoms with Gasteiger partial charge in [0.25, 0.3) is 0 Å². The number of guanidine groups is 1. The topological polar surface area (TPSA) is 49.3 Å². The summed E-state index contributed by atoms with van der Waals surface area (Å²) in [6.07, 6.45) is 5.74. The van der Waals surface area contributed by atoms with Gasteiger partial charge < -0.3 is 10.6 Å². The zero-order chi connectivity index (χ0) is 15.6. The third-order valence-corrected chi connectivity index (χ3v) is 4.31. The molecule has 0 spiro atoms. The van der Waals surface area contributed by atoms with Gasteiger partial charge >= 0.3 is 0 Å². The predicted octanol–water partition coefficient (Wildman–Crippen LogP) is 3.41. The fraction of sp³-hybridized carbons (Fsp3) is 0.412. The Morgan fingerprint density at radius 3 is 2.83 bits per heavy atom. The van der Waals surface area contributed by atoms with Crippen LogP contribution in [0.3, 0.4) is 0 Å². The van der Waals surface area contributed by atoms with E-state index in [0.29, 0.717) is 0 Å². The van der Waals surface area contributed by atoms with Crippen LogP contribution in [-0.4, -0.2) is 30.6 Å². The van der Waals surface area contributed by atoms with E-state index in [9.17, 15) is 0 Å². The second-order valence-electron chi connectivity index (χ2n) is 5.07. The van der Waals surface area contributed by atoms with E-state index in [1.165, 1.54) is 16.0 Å². The Morgan fingerprint density at radius 1 is 1.26 bits per heavy atom. The number of rotatable bonds is 7. The summed E-state index contributed by atoms with van der Waals surface area (Å²) in [7, 11) is 0. The minimum atomic E-state index is 0. The van der Waals surface area contributed by atoms with Crippen molar-refractivity contribution in [2.45, 2.75) is 26.7 Å². The van der Waals surface area contributed by atoms with Crippen molar-refractivity contribution in [2.75, 3.05) is 19.6 Å². The first kappa shape index (κ1) is 19.9. The lowest BCUT2D eigenvalue weighted by atomic mass is 10.1. The van der Waals surface area contributed by atoms with E-state index < -0.39 is 0 Å². The molecule has 0 saturated carbocycles. The van der Waals surface area contributed by atoms with Crippen LogP contribution in [0.2, 0.25) is 0 Å². The second-order valence-corrected chi connectivity index (χ2v) is 6.10.